The fraction of sp³-hybridized carbons (Fsp3) is 0.222. The lowest BCUT2D eigenvalue weighted by Gasteiger charge is -2.15. The van der Waals surface area contributed by atoms with E-state index in [9.17, 15) is 18.0 Å². The van der Waals surface area contributed by atoms with Crippen molar-refractivity contribution in [3.63, 3.8) is 0 Å². The fourth-order valence-corrected chi connectivity index (χ4v) is 3.34. The van der Waals surface area contributed by atoms with Crippen molar-refractivity contribution in [2.45, 2.75) is 17.9 Å². The highest BCUT2D eigenvalue weighted by Gasteiger charge is 2.22. The Labute approximate surface area is 173 Å². The third-order valence-electron chi connectivity index (χ3n) is 3.73. The van der Waals surface area contributed by atoms with Gasteiger partial charge >= 0.3 is 5.97 Å². The Morgan fingerprint density at radius 1 is 1.07 bits per heavy atom. The summed E-state index contributed by atoms with van der Waals surface area (Å²) in [6.45, 7) is 1.40. The smallest absolute Gasteiger partial charge is 0.338 e. The highest BCUT2D eigenvalue weighted by atomic mass is 35.5. The van der Waals surface area contributed by atoms with Crippen LogP contribution in [-0.2, 0) is 19.6 Å². The molecule has 1 amide bonds. The molecular weight excluding hydrogens is 427 g/mol. The monoisotopic (exact) mass is 444 g/mol. The molecule has 0 aliphatic heterocycles. The summed E-state index contributed by atoms with van der Waals surface area (Å²) in [7, 11) is -0.791. The fourth-order valence-electron chi connectivity index (χ4n) is 2.09. The van der Waals surface area contributed by atoms with Crippen molar-refractivity contribution in [3.8, 4) is 0 Å². The van der Waals surface area contributed by atoms with Crippen LogP contribution in [0.25, 0.3) is 0 Å². The number of anilines is 1. The van der Waals surface area contributed by atoms with Crippen LogP contribution in [0, 0.1) is 0 Å². The molecule has 0 aliphatic carbocycles. The van der Waals surface area contributed by atoms with E-state index in [1.54, 1.807) is 18.2 Å². The van der Waals surface area contributed by atoms with Gasteiger partial charge in [0.15, 0.2) is 6.10 Å². The third-order valence-corrected chi connectivity index (χ3v) is 6.38. The van der Waals surface area contributed by atoms with Crippen molar-refractivity contribution in [1.82, 2.24) is 4.31 Å². The molecule has 0 aromatic heterocycles. The number of benzene rings is 2. The number of esters is 1. The maximum atomic E-state index is 12.2. The standard InChI is InChI=1S/C18H18Cl2N2O5S/c1-11(17(23)21-15-6-4-5-14(19)16(15)20)27-18(24)12-7-9-13(10-8-12)28(25,26)22(2)3/h4-11H,1-3H3,(H,21,23)/t11-/m1/s1. The van der Waals surface area contributed by atoms with Crippen molar-refractivity contribution >= 4 is 50.8 Å². The lowest BCUT2D eigenvalue weighted by molar-refractivity contribution is -0.123. The maximum Gasteiger partial charge on any atom is 0.338 e. The summed E-state index contributed by atoms with van der Waals surface area (Å²) < 4.78 is 30.3. The zero-order valence-corrected chi connectivity index (χ0v) is 17.6. The molecule has 7 nitrogen and oxygen atoms in total. The molecule has 10 heteroatoms. The van der Waals surface area contributed by atoms with Gasteiger partial charge in [-0.3, -0.25) is 4.79 Å². The molecular formula is C18H18Cl2N2O5S. The third kappa shape index (κ3) is 5.02. The number of amides is 1. The number of hydrogen-bond acceptors (Lipinski definition) is 5. The van der Waals surface area contributed by atoms with Crippen molar-refractivity contribution in [2.24, 2.45) is 0 Å². The van der Waals surface area contributed by atoms with Gasteiger partial charge in [0.1, 0.15) is 0 Å². The minimum absolute atomic E-state index is 0.0374. The summed E-state index contributed by atoms with van der Waals surface area (Å²) in [5.74, 6) is -1.36. The molecule has 2 rings (SSSR count). The number of nitrogens with one attached hydrogen (secondary N) is 1. The number of nitrogens with zero attached hydrogens (tertiary/aromatic N) is 1. The molecule has 0 aliphatic rings. The summed E-state index contributed by atoms with van der Waals surface area (Å²) >= 11 is 11.9. The summed E-state index contributed by atoms with van der Waals surface area (Å²) in [6.07, 6.45) is -1.12. The highest BCUT2D eigenvalue weighted by molar-refractivity contribution is 7.89. The molecule has 0 radical (unpaired) electrons. The van der Waals surface area contributed by atoms with Gasteiger partial charge in [0.05, 0.1) is 26.2 Å². The molecule has 0 spiro atoms. The van der Waals surface area contributed by atoms with Crippen LogP contribution in [0.15, 0.2) is 47.4 Å². The molecule has 1 atom stereocenters. The van der Waals surface area contributed by atoms with E-state index in [0.717, 1.165) is 4.31 Å². The van der Waals surface area contributed by atoms with Gasteiger partial charge in [-0.1, -0.05) is 29.3 Å². The molecule has 28 heavy (non-hydrogen) atoms. The van der Waals surface area contributed by atoms with E-state index in [4.69, 9.17) is 27.9 Å². The molecule has 0 saturated heterocycles. The summed E-state index contributed by atoms with van der Waals surface area (Å²) in [6, 6.07) is 9.97. The SMILES string of the molecule is C[C@@H](OC(=O)c1ccc(S(=O)(=O)N(C)C)cc1)C(=O)Nc1cccc(Cl)c1Cl. The van der Waals surface area contributed by atoms with Crippen LogP contribution in [0.5, 0.6) is 0 Å². The Kier molecular flexibility index (Phi) is 7.06. The van der Waals surface area contributed by atoms with E-state index in [1.807, 2.05) is 0 Å². The Bertz CT molecular complexity index is 992. The minimum Gasteiger partial charge on any atom is -0.449 e. The van der Waals surface area contributed by atoms with Crippen LogP contribution in [0.4, 0.5) is 5.69 Å². The van der Waals surface area contributed by atoms with E-state index >= 15 is 0 Å². The minimum atomic E-state index is -3.60. The molecule has 150 valence electrons. The van der Waals surface area contributed by atoms with E-state index in [1.165, 1.54) is 45.3 Å². The average molecular weight is 445 g/mol. The van der Waals surface area contributed by atoms with Gasteiger partial charge < -0.3 is 10.1 Å². The van der Waals surface area contributed by atoms with Crippen molar-refractivity contribution in [2.75, 3.05) is 19.4 Å². The first-order valence-corrected chi connectivity index (χ1v) is 10.2. The van der Waals surface area contributed by atoms with Crippen molar-refractivity contribution in [3.05, 3.63) is 58.1 Å². The van der Waals surface area contributed by atoms with Gasteiger partial charge in [0, 0.05) is 14.1 Å². The second-order valence-electron chi connectivity index (χ2n) is 5.95. The van der Waals surface area contributed by atoms with E-state index in [2.05, 4.69) is 5.32 Å². The van der Waals surface area contributed by atoms with Gasteiger partial charge in [-0.25, -0.2) is 17.5 Å². The molecule has 0 fully saturated rings. The largest absolute Gasteiger partial charge is 0.449 e. The summed E-state index contributed by atoms with van der Waals surface area (Å²) in [5.41, 5.74) is 0.401. The van der Waals surface area contributed by atoms with Gasteiger partial charge in [0.2, 0.25) is 10.0 Å². The summed E-state index contributed by atoms with van der Waals surface area (Å²) in [5, 5.41) is 2.98. The normalized spacial score (nSPS) is 12.5. The number of halogens is 2. The number of rotatable bonds is 6. The molecule has 0 unspecified atom stereocenters. The van der Waals surface area contributed by atoms with Crippen molar-refractivity contribution < 1.29 is 22.7 Å². The maximum absolute atomic E-state index is 12.2. The lowest BCUT2D eigenvalue weighted by Crippen LogP contribution is -2.30. The number of sulfonamides is 1. The van der Waals surface area contributed by atoms with E-state index < -0.39 is 28.0 Å². The number of carbonyl (C=O) groups is 2. The Morgan fingerprint density at radius 3 is 2.25 bits per heavy atom. The van der Waals surface area contributed by atoms with Crippen LogP contribution >= 0.6 is 23.2 Å². The molecule has 0 saturated carbocycles. The first-order valence-electron chi connectivity index (χ1n) is 8.02. The Balaban J connectivity index is 2.05. The quantitative estimate of drug-likeness (QED) is 0.688. The lowest BCUT2D eigenvalue weighted by atomic mass is 10.2. The first-order chi connectivity index (χ1) is 13.0. The van der Waals surface area contributed by atoms with Crippen LogP contribution in [0.2, 0.25) is 10.0 Å². The van der Waals surface area contributed by atoms with Gasteiger partial charge in [-0.15, -0.1) is 0 Å². The highest BCUT2D eigenvalue weighted by Crippen LogP contribution is 2.29. The van der Waals surface area contributed by atoms with E-state index in [0.29, 0.717) is 5.69 Å². The topological polar surface area (TPSA) is 92.8 Å². The predicted octanol–water partition coefficient (Wildman–Crippen LogP) is 3.43. The second-order valence-corrected chi connectivity index (χ2v) is 8.89. The number of ether oxygens (including phenoxy) is 1. The molecule has 2 aromatic rings. The van der Waals surface area contributed by atoms with Crippen molar-refractivity contribution in [1.29, 1.82) is 0 Å². The average Bonchev–Trinajstić information content (AvgIpc) is 2.65. The molecule has 0 bridgehead atoms. The van der Waals surface area contributed by atoms with Crippen LogP contribution in [0.3, 0.4) is 0 Å². The van der Waals surface area contributed by atoms with Gasteiger partial charge in [0.25, 0.3) is 5.91 Å². The zero-order valence-electron chi connectivity index (χ0n) is 15.3. The number of hydrogen-bond donors (Lipinski definition) is 1. The van der Waals surface area contributed by atoms with Gasteiger partial charge in [-0.2, -0.15) is 0 Å². The predicted molar refractivity (Wildman–Crippen MR) is 107 cm³/mol. The van der Waals surface area contributed by atoms with E-state index in [-0.39, 0.29) is 20.5 Å². The molecule has 0 heterocycles. The Morgan fingerprint density at radius 2 is 1.68 bits per heavy atom. The van der Waals surface area contributed by atoms with Crippen LogP contribution in [0.1, 0.15) is 17.3 Å². The Hall–Kier alpha value is -2.13. The second kappa shape index (κ2) is 8.91. The molecule has 2 aromatic carbocycles. The summed E-state index contributed by atoms with van der Waals surface area (Å²) in [4.78, 5) is 24.5. The van der Waals surface area contributed by atoms with Crippen LogP contribution < -0.4 is 5.32 Å². The number of carbonyl (C=O) groups excluding carboxylic acids is 2. The zero-order chi connectivity index (χ0) is 21.1. The molecule has 1 N–H and O–H groups in total. The van der Waals surface area contributed by atoms with Gasteiger partial charge in [-0.05, 0) is 43.3 Å². The van der Waals surface area contributed by atoms with Crippen LogP contribution in [-0.4, -0.2) is 44.8 Å². The first kappa shape index (κ1) is 22.2.